The van der Waals surface area contributed by atoms with Gasteiger partial charge in [0, 0.05) is 50.0 Å². The molecule has 1 N–H and O–H groups in total. The molecule has 2 amide bonds. The largest absolute Gasteiger partial charge is 0.481 e. The van der Waals surface area contributed by atoms with E-state index in [4.69, 9.17) is 4.74 Å². The highest BCUT2D eigenvalue weighted by atomic mass is 16.5. The van der Waals surface area contributed by atoms with Crippen LogP contribution in [0.25, 0.3) is 0 Å². The molecule has 2 atom stereocenters. The van der Waals surface area contributed by atoms with Gasteiger partial charge < -0.3 is 15.0 Å². The SMILES string of the molecule is COc1ncccc1CN1CCC2(CC1)CC(=O)N1C[C@@H](N(C)C3CCC3)C[C@H]1C(=O)N2. The molecule has 0 aromatic carbocycles. The molecular formula is C24H35N5O3. The van der Waals surface area contributed by atoms with Crippen molar-refractivity contribution in [1.82, 2.24) is 25.0 Å². The number of hydrogen-bond acceptors (Lipinski definition) is 6. The van der Waals surface area contributed by atoms with E-state index in [9.17, 15) is 9.59 Å². The van der Waals surface area contributed by atoms with Gasteiger partial charge >= 0.3 is 0 Å². The van der Waals surface area contributed by atoms with E-state index in [0.29, 0.717) is 30.9 Å². The number of fused-ring (bicyclic) bond motifs is 1. The minimum Gasteiger partial charge on any atom is -0.481 e. The molecule has 1 saturated carbocycles. The number of pyridine rings is 1. The van der Waals surface area contributed by atoms with Gasteiger partial charge in [0.2, 0.25) is 17.7 Å². The van der Waals surface area contributed by atoms with Crippen molar-refractivity contribution in [2.24, 2.45) is 0 Å². The summed E-state index contributed by atoms with van der Waals surface area (Å²) < 4.78 is 5.39. The number of likely N-dealkylation sites (tertiary alicyclic amines) is 1. The highest BCUT2D eigenvalue weighted by Gasteiger charge is 2.50. The molecule has 8 heteroatoms. The number of methoxy groups -OCH3 is 1. The molecule has 0 bridgehead atoms. The molecule has 4 aliphatic rings. The summed E-state index contributed by atoms with van der Waals surface area (Å²) in [5.41, 5.74) is 0.651. The van der Waals surface area contributed by atoms with Gasteiger partial charge in [-0.1, -0.05) is 12.5 Å². The van der Waals surface area contributed by atoms with Crippen LogP contribution in [0, 0.1) is 0 Å². The van der Waals surface area contributed by atoms with Gasteiger partial charge in [0.15, 0.2) is 0 Å². The highest BCUT2D eigenvalue weighted by molar-refractivity contribution is 5.92. The number of carbonyl (C=O) groups excluding carboxylic acids is 2. The van der Waals surface area contributed by atoms with E-state index in [-0.39, 0.29) is 17.9 Å². The van der Waals surface area contributed by atoms with Crippen molar-refractivity contribution in [3.05, 3.63) is 23.9 Å². The third-order valence-electron chi connectivity index (χ3n) is 8.26. The summed E-state index contributed by atoms with van der Waals surface area (Å²) in [6.45, 7) is 3.12. The summed E-state index contributed by atoms with van der Waals surface area (Å²) >= 11 is 0. The molecule has 1 aliphatic carbocycles. The van der Waals surface area contributed by atoms with Gasteiger partial charge in [-0.05, 0) is 45.2 Å². The zero-order valence-corrected chi connectivity index (χ0v) is 19.3. The number of carbonyl (C=O) groups is 2. The van der Waals surface area contributed by atoms with Gasteiger partial charge in [-0.2, -0.15) is 0 Å². The molecule has 32 heavy (non-hydrogen) atoms. The second-order valence-electron chi connectivity index (χ2n) is 10.1. The summed E-state index contributed by atoms with van der Waals surface area (Å²) in [7, 11) is 3.81. The number of aromatic nitrogens is 1. The third-order valence-corrected chi connectivity index (χ3v) is 8.26. The van der Waals surface area contributed by atoms with Crippen LogP contribution in [0.5, 0.6) is 5.88 Å². The predicted octanol–water partition coefficient (Wildman–Crippen LogP) is 1.40. The standard InChI is InChI=1S/C24H35N5O3/c1-27(18-6-3-7-18)19-13-20-22(31)26-24(14-21(30)29(20)16-19)8-11-28(12-9-24)15-17-5-4-10-25-23(17)32-2/h4-5,10,18-20H,3,6-9,11-16H2,1-2H3,(H,26,31)/t19-,20-/m0/s1. The Balaban J connectivity index is 1.22. The minimum absolute atomic E-state index is 0.0442. The number of amides is 2. The van der Waals surface area contributed by atoms with Crippen molar-refractivity contribution >= 4 is 11.8 Å². The first-order chi connectivity index (χ1) is 15.5. The van der Waals surface area contributed by atoms with Gasteiger partial charge in [-0.25, -0.2) is 4.98 Å². The molecule has 0 radical (unpaired) electrons. The number of nitrogens with zero attached hydrogens (tertiary/aromatic N) is 4. The molecule has 0 unspecified atom stereocenters. The van der Waals surface area contributed by atoms with E-state index in [1.54, 1.807) is 13.3 Å². The van der Waals surface area contributed by atoms with Gasteiger partial charge in [0.1, 0.15) is 6.04 Å². The van der Waals surface area contributed by atoms with Gasteiger partial charge in [0.05, 0.1) is 19.1 Å². The van der Waals surface area contributed by atoms with Gasteiger partial charge in [-0.3, -0.25) is 19.4 Å². The van der Waals surface area contributed by atoms with Gasteiger partial charge in [-0.15, -0.1) is 0 Å². The molecular weight excluding hydrogens is 406 g/mol. The van der Waals surface area contributed by atoms with Crippen LogP contribution in [0.3, 0.4) is 0 Å². The summed E-state index contributed by atoms with van der Waals surface area (Å²) in [5.74, 6) is 0.843. The molecule has 4 fully saturated rings. The van der Waals surface area contributed by atoms with Crippen LogP contribution in [0.1, 0.15) is 50.5 Å². The lowest BCUT2D eigenvalue weighted by Crippen LogP contribution is -2.56. The van der Waals surface area contributed by atoms with E-state index in [1.807, 2.05) is 17.0 Å². The second kappa shape index (κ2) is 8.63. The van der Waals surface area contributed by atoms with E-state index in [2.05, 4.69) is 27.1 Å². The number of nitrogens with one attached hydrogen (secondary N) is 1. The van der Waals surface area contributed by atoms with Crippen LogP contribution in [0.4, 0.5) is 0 Å². The first-order valence-corrected chi connectivity index (χ1v) is 12.0. The zero-order valence-electron chi connectivity index (χ0n) is 19.3. The lowest BCUT2D eigenvalue weighted by Gasteiger charge is -2.41. The van der Waals surface area contributed by atoms with E-state index < -0.39 is 5.54 Å². The van der Waals surface area contributed by atoms with Crippen molar-refractivity contribution < 1.29 is 14.3 Å². The Labute approximate surface area is 190 Å². The summed E-state index contributed by atoms with van der Waals surface area (Å²) in [5, 5.41) is 3.34. The van der Waals surface area contributed by atoms with Crippen LogP contribution in [0.2, 0.25) is 0 Å². The molecule has 8 nitrogen and oxygen atoms in total. The maximum atomic E-state index is 13.3. The average molecular weight is 442 g/mol. The average Bonchev–Trinajstić information content (AvgIpc) is 3.17. The van der Waals surface area contributed by atoms with Crippen molar-refractivity contribution in [3.8, 4) is 5.88 Å². The fourth-order valence-electron chi connectivity index (χ4n) is 5.92. The highest BCUT2D eigenvalue weighted by Crippen LogP contribution is 2.35. The van der Waals surface area contributed by atoms with Crippen LogP contribution >= 0.6 is 0 Å². The monoisotopic (exact) mass is 441 g/mol. The van der Waals surface area contributed by atoms with Crippen LogP contribution < -0.4 is 10.1 Å². The maximum absolute atomic E-state index is 13.3. The Morgan fingerprint density at radius 2 is 2.03 bits per heavy atom. The number of likely N-dealkylation sites (N-methyl/N-ethyl adjacent to an activating group) is 1. The van der Waals surface area contributed by atoms with Crippen LogP contribution in [0.15, 0.2) is 18.3 Å². The number of hydrogen-bond donors (Lipinski definition) is 1. The topological polar surface area (TPSA) is 78.0 Å². The van der Waals surface area contributed by atoms with Gasteiger partial charge in [0.25, 0.3) is 0 Å². The molecule has 5 rings (SSSR count). The predicted molar refractivity (Wildman–Crippen MR) is 120 cm³/mol. The molecule has 3 aliphatic heterocycles. The Kier molecular flexibility index (Phi) is 5.84. The molecule has 4 heterocycles. The first-order valence-electron chi connectivity index (χ1n) is 12.0. The lowest BCUT2D eigenvalue weighted by atomic mass is 9.83. The van der Waals surface area contributed by atoms with Crippen LogP contribution in [-0.2, 0) is 16.1 Å². The van der Waals surface area contributed by atoms with Crippen molar-refractivity contribution in [2.45, 2.75) is 75.2 Å². The Hall–Kier alpha value is -2.19. The van der Waals surface area contributed by atoms with Crippen molar-refractivity contribution in [1.29, 1.82) is 0 Å². The van der Waals surface area contributed by atoms with Crippen molar-refractivity contribution in [2.75, 3.05) is 33.8 Å². The quantitative estimate of drug-likeness (QED) is 0.744. The Bertz CT molecular complexity index is 837. The lowest BCUT2D eigenvalue weighted by molar-refractivity contribution is -0.135. The second-order valence-corrected chi connectivity index (χ2v) is 10.1. The fraction of sp³-hybridized carbons (Fsp3) is 0.708. The Morgan fingerprint density at radius 3 is 2.72 bits per heavy atom. The van der Waals surface area contributed by atoms with E-state index in [0.717, 1.165) is 44.5 Å². The number of rotatable bonds is 5. The van der Waals surface area contributed by atoms with Crippen molar-refractivity contribution in [3.63, 3.8) is 0 Å². The Morgan fingerprint density at radius 1 is 1.25 bits per heavy atom. The maximum Gasteiger partial charge on any atom is 0.243 e. The molecule has 1 aromatic heterocycles. The minimum atomic E-state index is -0.413. The summed E-state index contributed by atoms with van der Waals surface area (Å²) in [6.07, 6.45) is 8.26. The normalized spacial score (nSPS) is 28.4. The number of ether oxygens (including phenoxy) is 1. The molecule has 1 aromatic rings. The summed E-state index contributed by atoms with van der Waals surface area (Å²) in [4.78, 5) is 37.4. The first kappa shape index (κ1) is 21.6. The fourth-order valence-corrected chi connectivity index (χ4v) is 5.92. The molecule has 174 valence electrons. The third kappa shape index (κ3) is 3.99. The molecule has 3 saturated heterocycles. The van der Waals surface area contributed by atoms with Crippen LogP contribution in [-0.4, -0.2) is 89.0 Å². The van der Waals surface area contributed by atoms with E-state index >= 15 is 0 Å². The van der Waals surface area contributed by atoms with E-state index in [1.165, 1.54) is 19.3 Å². The zero-order chi connectivity index (χ0) is 22.3. The smallest absolute Gasteiger partial charge is 0.243 e. The summed E-state index contributed by atoms with van der Waals surface area (Å²) in [6, 6.07) is 4.57. The molecule has 1 spiro atoms. The number of piperidine rings is 1.